The Morgan fingerprint density at radius 3 is 3.00 bits per heavy atom. The smallest absolute Gasteiger partial charge is 0.257 e. The summed E-state index contributed by atoms with van der Waals surface area (Å²) in [5, 5.41) is 13.0. The third-order valence-electron chi connectivity index (χ3n) is 3.36. The molecule has 90 valence electrons. The molecule has 0 N–H and O–H groups in total. The first-order chi connectivity index (χ1) is 8.13. The van der Waals surface area contributed by atoms with Crippen molar-refractivity contribution in [2.45, 2.75) is 19.8 Å². The van der Waals surface area contributed by atoms with Crippen LogP contribution in [0, 0.1) is 24.2 Å². The van der Waals surface area contributed by atoms with Gasteiger partial charge in [0.15, 0.2) is 0 Å². The van der Waals surface area contributed by atoms with Gasteiger partial charge in [-0.3, -0.25) is 9.48 Å². The largest absolute Gasteiger partial charge is 0.337 e. The molecule has 0 aromatic carbocycles. The predicted octanol–water partition coefficient (Wildman–Crippen LogP) is 1.10. The molecule has 2 rings (SSSR count). The molecule has 1 fully saturated rings. The number of piperidine rings is 1. The van der Waals surface area contributed by atoms with Crippen molar-refractivity contribution < 1.29 is 4.79 Å². The van der Waals surface area contributed by atoms with Crippen molar-refractivity contribution in [3.05, 3.63) is 17.5 Å². The lowest BCUT2D eigenvalue weighted by Gasteiger charge is -2.29. The fourth-order valence-corrected chi connectivity index (χ4v) is 2.15. The quantitative estimate of drug-likeness (QED) is 0.728. The van der Waals surface area contributed by atoms with E-state index in [2.05, 4.69) is 11.2 Å². The molecule has 2 heterocycles. The molecule has 0 saturated carbocycles. The van der Waals surface area contributed by atoms with Gasteiger partial charge in [0.1, 0.15) is 0 Å². The molecule has 5 heteroatoms. The normalized spacial score (nSPS) is 20.1. The lowest BCUT2D eigenvalue weighted by Crippen LogP contribution is -2.39. The monoisotopic (exact) mass is 232 g/mol. The average molecular weight is 232 g/mol. The molecule has 1 amide bonds. The number of nitriles is 1. The summed E-state index contributed by atoms with van der Waals surface area (Å²) >= 11 is 0. The third-order valence-corrected chi connectivity index (χ3v) is 3.36. The number of aromatic nitrogens is 2. The SMILES string of the molecule is Cc1c(C(=O)N2CCCC(C#N)C2)cnn1C. The number of carbonyl (C=O) groups excluding carboxylic acids is 1. The van der Waals surface area contributed by atoms with Crippen LogP contribution in [0.15, 0.2) is 6.20 Å². The van der Waals surface area contributed by atoms with Crippen LogP contribution in [0.5, 0.6) is 0 Å². The van der Waals surface area contributed by atoms with Crippen molar-refractivity contribution in [3.8, 4) is 6.07 Å². The van der Waals surface area contributed by atoms with E-state index in [1.165, 1.54) is 0 Å². The molecular formula is C12H16N4O. The van der Waals surface area contributed by atoms with E-state index in [0.717, 1.165) is 25.1 Å². The molecule has 17 heavy (non-hydrogen) atoms. The van der Waals surface area contributed by atoms with Gasteiger partial charge in [-0.1, -0.05) is 0 Å². The Morgan fingerprint density at radius 1 is 1.65 bits per heavy atom. The zero-order valence-corrected chi connectivity index (χ0v) is 10.2. The Morgan fingerprint density at radius 2 is 2.41 bits per heavy atom. The van der Waals surface area contributed by atoms with Crippen LogP contribution in [0.25, 0.3) is 0 Å². The molecule has 0 aliphatic carbocycles. The lowest BCUT2D eigenvalue weighted by atomic mass is 9.99. The minimum atomic E-state index is -0.0234. The van der Waals surface area contributed by atoms with Crippen LogP contribution in [-0.2, 0) is 7.05 Å². The van der Waals surface area contributed by atoms with Crippen LogP contribution in [-0.4, -0.2) is 33.7 Å². The Labute approximate surface area is 101 Å². The van der Waals surface area contributed by atoms with Crippen molar-refractivity contribution in [1.29, 1.82) is 5.26 Å². The highest BCUT2D eigenvalue weighted by Gasteiger charge is 2.26. The van der Waals surface area contributed by atoms with Crippen LogP contribution >= 0.6 is 0 Å². The van der Waals surface area contributed by atoms with Crippen molar-refractivity contribution >= 4 is 5.91 Å². The van der Waals surface area contributed by atoms with E-state index in [4.69, 9.17) is 5.26 Å². The number of nitrogens with zero attached hydrogens (tertiary/aromatic N) is 4. The first-order valence-electron chi connectivity index (χ1n) is 5.81. The molecular weight excluding hydrogens is 216 g/mol. The average Bonchev–Trinajstić information content (AvgIpc) is 2.69. The van der Waals surface area contributed by atoms with Gasteiger partial charge >= 0.3 is 0 Å². The second kappa shape index (κ2) is 4.58. The van der Waals surface area contributed by atoms with E-state index in [9.17, 15) is 4.79 Å². The maximum absolute atomic E-state index is 12.3. The van der Waals surface area contributed by atoms with Crippen molar-refractivity contribution in [1.82, 2.24) is 14.7 Å². The molecule has 0 radical (unpaired) electrons. The van der Waals surface area contributed by atoms with E-state index >= 15 is 0 Å². The molecule has 1 aromatic rings. The molecule has 1 saturated heterocycles. The second-order valence-corrected chi connectivity index (χ2v) is 4.49. The third kappa shape index (κ3) is 2.16. The fraction of sp³-hybridized carbons (Fsp3) is 0.583. The number of rotatable bonds is 1. The van der Waals surface area contributed by atoms with Crippen LogP contribution in [0.1, 0.15) is 28.9 Å². The van der Waals surface area contributed by atoms with Crippen LogP contribution < -0.4 is 0 Å². The van der Waals surface area contributed by atoms with Crippen LogP contribution in [0.4, 0.5) is 0 Å². The Kier molecular flexibility index (Phi) is 3.14. The van der Waals surface area contributed by atoms with E-state index in [1.807, 2.05) is 14.0 Å². The van der Waals surface area contributed by atoms with Crippen LogP contribution in [0.3, 0.4) is 0 Å². The highest BCUT2D eigenvalue weighted by atomic mass is 16.2. The van der Waals surface area contributed by atoms with E-state index in [1.54, 1.807) is 15.8 Å². The summed E-state index contributed by atoms with van der Waals surface area (Å²) in [6.45, 7) is 3.17. The van der Waals surface area contributed by atoms with E-state index < -0.39 is 0 Å². The number of carbonyl (C=O) groups is 1. The zero-order valence-electron chi connectivity index (χ0n) is 10.2. The van der Waals surface area contributed by atoms with Gasteiger partial charge < -0.3 is 4.90 Å². The van der Waals surface area contributed by atoms with Gasteiger partial charge in [-0.05, 0) is 19.8 Å². The molecule has 1 atom stereocenters. The fourth-order valence-electron chi connectivity index (χ4n) is 2.15. The molecule has 1 aliphatic rings. The maximum Gasteiger partial charge on any atom is 0.257 e. The summed E-state index contributed by atoms with van der Waals surface area (Å²) in [6.07, 6.45) is 3.41. The van der Waals surface area contributed by atoms with E-state index in [0.29, 0.717) is 12.1 Å². The molecule has 1 aromatic heterocycles. The summed E-state index contributed by atoms with van der Waals surface area (Å²) in [5.41, 5.74) is 1.51. The molecule has 1 unspecified atom stereocenters. The Hall–Kier alpha value is -1.83. The highest BCUT2D eigenvalue weighted by Crippen LogP contribution is 2.18. The minimum absolute atomic E-state index is 0.00412. The van der Waals surface area contributed by atoms with Gasteiger partial charge in [0, 0.05) is 25.8 Å². The highest BCUT2D eigenvalue weighted by molar-refractivity contribution is 5.95. The lowest BCUT2D eigenvalue weighted by molar-refractivity contribution is 0.0698. The summed E-state index contributed by atoms with van der Waals surface area (Å²) in [6, 6.07) is 2.25. The van der Waals surface area contributed by atoms with Gasteiger partial charge in [0.05, 0.1) is 23.7 Å². The van der Waals surface area contributed by atoms with Crippen molar-refractivity contribution in [2.75, 3.05) is 13.1 Å². The first-order valence-corrected chi connectivity index (χ1v) is 5.81. The topological polar surface area (TPSA) is 61.9 Å². The maximum atomic E-state index is 12.3. The standard InChI is InChI=1S/C12H16N4O/c1-9-11(7-14-15(9)2)12(17)16-5-3-4-10(6-13)8-16/h7,10H,3-5,8H2,1-2H3. The molecule has 1 aliphatic heterocycles. The van der Waals surface area contributed by atoms with Gasteiger partial charge in [-0.15, -0.1) is 0 Å². The Bertz CT molecular complexity index is 471. The van der Waals surface area contributed by atoms with E-state index in [-0.39, 0.29) is 11.8 Å². The predicted molar refractivity (Wildman–Crippen MR) is 62.2 cm³/mol. The minimum Gasteiger partial charge on any atom is -0.337 e. The summed E-state index contributed by atoms with van der Waals surface area (Å²) < 4.78 is 1.69. The summed E-state index contributed by atoms with van der Waals surface area (Å²) in [7, 11) is 1.82. The summed E-state index contributed by atoms with van der Waals surface area (Å²) in [4.78, 5) is 14.0. The molecule has 0 bridgehead atoms. The zero-order chi connectivity index (χ0) is 12.4. The van der Waals surface area contributed by atoms with Gasteiger partial charge in [0.25, 0.3) is 5.91 Å². The first kappa shape index (κ1) is 11.6. The number of hydrogen-bond acceptors (Lipinski definition) is 3. The van der Waals surface area contributed by atoms with Gasteiger partial charge in [0.2, 0.25) is 0 Å². The van der Waals surface area contributed by atoms with Gasteiger partial charge in [-0.2, -0.15) is 10.4 Å². The number of amides is 1. The molecule has 5 nitrogen and oxygen atoms in total. The van der Waals surface area contributed by atoms with Crippen molar-refractivity contribution in [3.63, 3.8) is 0 Å². The number of hydrogen-bond donors (Lipinski definition) is 0. The molecule has 0 spiro atoms. The van der Waals surface area contributed by atoms with Crippen LogP contribution in [0.2, 0.25) is 0 Å². The van der Waals surface area contributed by atoms with Crippen molar-refractivity contribution in [2.24, 2.45) is 13.0 Å². The number of likely N-dealkylation sites (tertiary alicyclic amines) is 1. The number of aryl methyl sites for hydroxylation is 1. The second-order valence-electron chi connectivity index (χ2n) is 4.49. The summed E-state index contributed by atoms with van der Waals surface area (Å²) in [5.74, 6) is -0.0276. The Balaban J connectivity index is 2.15. The van der Waals surface area contributed by atoms with Gasteiger partial charge in [-0.25, -0.2) is 0 Å².